The molecular formula is C12H15N. The van der Waals surface area contributed by atoms with E-state index in [2.05, 4.69) is 43.3 Å². The van der Waals surface area contributed by atoms with E-state index in [1.165, 1.54) is 11.1 Å². The number of benzene rings is 1. The predicted molar refractivity (Wildman–Crippen MR) is 57.9 cm³/mol. The molecule has 0 aromatic heterocycles. The highest BCUT2D eigenvalue weighted by Gasteiger charge is 1.93. The van der Waals surface area contributed by atoms with Crippen molar-refractivity contribution < 1.29 is 0 Å². The van der Waals surface area contributed by atoms with Crippen LogP contribution in [0.25, 0.3) is 0 Å². The summed E-state index contributed by atoms with van der Waals surface area (Å²) < 4.78 is 0. The number of aryl methyl sites for hydroxylation is 2. The molecule has 0 fully saturated rings. The maximum absolute atomic E-state index is 5.16. The maximum Gasteiger partial charge on any atom is 0.0345 e. The van der Waals surface area contributed by atoms with Gasteiger partial charge in [-0.1, -0.05) is 6.07 Å². The van der Waals surface area contributed by atoms with Crippen LogP contribution in [0.5, 0.6) is 0 Å². The van der Waals surface area contributed by atoms with Gasteiger partial charge < -0.3 is 5.32 Å². The van der Waals surface area contributed by atoms with Crippen molar-refractivity contribution >= 4 is 5.69 Å². The first-order valence-electron chi connectivity index (χ1n) is 4.48. The molecular weight excluding hydrogens is 158 g/mol. The van der Waals surface area contributed by atoms with Crippen LogP contribution in [0.2, 0.25) is 0 Å². The van der Waals surface area contributed by atoms with Crippen molar-refractivity contribution in [3.63, 3.8) is 0 Å². The zero-order valence-electron chi connectivity index (χ0n) is 8.22. The quantitative estimate of drug-likeness (QED) is 0.547. The van der Waals surface area contributed by atoms with Gasteiger partial charge in [0.05, 0.1) is 0 Å². The summed E-state index contributed by atoms with van der Waals surface area (Å²) in [6.45, 7) is 5.04. The highest BCUT2D eigenvalue weighted by Crippen LogP contribution is 2.13. The van der Waals surface area contributed by atoms with Crippen LogP contribution < -0.4 is 5.32 Å². The van der Waals surface area contributed by atoms with Crippen molar-refractivity contribution in [1.82, 2.24) is 0 Å². The van der Waals surface area contributed by atoms with E-state index in [1.807, 2.05) is 0 Å². The Balaban J connectivity index is 2.62. The number of rotatable bonds is 3. The molecule has 0 aliphatic rings. The molecule has 68 valence electrons. The monoisotopic (exact) mass is 173 g/mol. The highest BCUT2D eigenvalue weighted by atomic mass is 14.9. The molecule has 0 spiro atoms. The maximum atomic E-state index is 5.16. The van der Waals surface area contributed by atoms with Gasteiger partial charge in [-0.2, -0.15) is 0 Å². The first-order chi connectivity index (χ1) is 6.22. The Morgan fingerprint density at radius 2 is 1.85 bits per heavy atom. The van der Waals surface area contributed by atoms with Crippen molar-refractivity contribution in [2.24, 2.45) is 0 Å². The molecule has 13 heavy (non-hydrogen) atoms. The van der Waals surface area contributed by atoms with E-state index in [-0.39, 0.29) is 0 Å². The molecule has 0 aliphatic carbocycles. The molecule has 0 heterocycles. The number of hydrogen-bond acceptors (Lipinski definition) is 1. The number of terminal acetylenes is 1. The third-order valence-electron chi connectivity index (χ3n) is 1.82. The normalized spacial score (nSPS) is 9.31. The molecule has 0 radical (unpaired) electrons. The summed E-state index contributed by atoms with van der Waals surface area (Å²) in [5.41, 5.74) is 3.72. The van der Waals surface area contributed by atoms with E-state index in [0.717, 1.165) is 18.7 Å². The van der Waals surface area contributed by atoms with Crippen molar-refractivity contribution in [2.75, 3.05) is 11.9 Å². The van der Waals surface area contributed by atoms with E-state index in [1.54, 1.807) is 0 Å². The lowest BCUT2D eigenvalue weighted by atomic mass is 10.1. The van der Waals surface area contributed by atoms with Gasteiger partial charge in [0.1, 0.15) is 0 Å². The molecule has 0 amide bonds. The largest absolute Gasteiger partial charge is 0.384 e. The summed E-state index contributed by atoms with van der Waals surface area (Å²) in [6, 6.07) is 6.42. The van der Waals surface area contributed by atoms with E-state index >= 15 is 0 Å². The summed E-state index contributed by atoms with van der Waals surface area (Å²) in [5.74, 6) is 2.60. The predicted octanol–water partition coefficient (Wildman–Crippen LogP) is 2.74. The second kappa shape index (κ2) is 4.57. The SMILES string of the molecule is C#CCCNc1cc(C)cc(C)c1. The Kier molecular flexibility index (Phi) is 3.40. The van der Waals surface area contributed by atoms with Gasteiger partial charge in [-0.15, -0.1) is 12.3 Å². The van der Waals surface area contributed by atoms with Crippen LogP contribution in [0.1, 0.15) is 17.5 Å². The van der Waals surface area contributed by atoms with Crippen LogP contribution in [0.4, 0.5) is 5.69 Å². The minimum absolute atomic E-state index is 0.771. The molecule has 0 bridgehead atoms. The van der Waals surface area contributed by atoms with Gasteiger partial charge in [0.2, 0.25) is 0 Å². The van der Waals surface area contributed by atoms with Gasteiger partial charge in [-0.25, -0.2) is 0 Å². The fraction of sp³-hybridized carbons (Fsp3) is 0.333. The van der Waals surface area contributed by atoms with E-state index in [4.69, 9.17) is 6.42 Å². The summed E-state index contributed by atoms with van der Waals surface area (Å²) >= 11 is 0. The third-order valence-corrected chi connectivity index (χ3v) is 1.82. The minimum atomic E-state index is 0.771. The van der Waals surface area contributed by atoms with E-state index in [9.17, 15) is 0 Å². The lowest BCUT2D eigenvalue weighted by Gasteiger charge is -2.06. The second-order valence-corrected chi connectivity index (χ2v) is 3.26. The van der Waals surface area contributed by atoms with Gasteiger partial charge in [-0.05, 0) is 37.1 Å². The molecule has 1 aromatic carbocycles. The first kappa shape index (κ1) is 9.67. The average molecular weight is 173 g/mol. The molecule has 0 unspecified atom stereocenters. The topological polar surface area (TPSA) is 12.0 Å². The molecule has 1 nitrogen and oxygen atoms in total. The zero-order valence-corrected chi connectivity index (χ0v) is 8.22. The van der Waals surface area contributed by atoms with Crippen LogP contribution in [0, 0.1) is 26.2 Å². The van der Waals surface area contributed by atoms with Crippen LogP contribution in [0.15, 0.2) is 18.2 Å². The van der Waals surface area contributed by atoms with Gasteiger partial charge in [0.25, 0.3) is 0 Å². The minimum Gasteiger partial charge on any atom is -0.384 e. The molecule has 0 aliphatic heterocycles. The molecule has 0 saturated carbocycles. The van der Waals surface area contributed by atoms with E-state index in [0.29, 0.717) is 0 Å². The molecule has 1 aromatic rings. The third kappa shape index (κ3) is 3.21. The summed E-state index contributed by atoms with van der Waals surface area (Å²) in [4.78, 5) is 0. The number of hydrogen-bond donors (Lipinski definition) is 1. The zero-order chi connectivity index (χ0) is 9.68. The fourth-order valence-corrected chi connectivity index (χ4v) is 1.36. The van der Waals surface area contributed by atoms with E-state index < -0.39 is 0 Å². The first-order valence-corrected chi connectivity index (χ1v) is 4.48. The van der Waals surface area contributed by atoms with Crippen LogP contribution in [-0.2, 0) is 0 Å². The van der Waals surface area contributed by atoms with Crippen LogP contribution >= 0.6 is 0 Å². The lowest BCUT2D eigenvalue weighted by molar-refractivity contribution is 1.09. The van der Waals surface area contributed by atoms with Gasteiger partial charge in [0.15, 0.2) is 0 Å². The van der Waals surface area contributed by atoms with Gasteiger partial charge in [-0.3, -0.25) is 0 Å². The number of anilines is 1. The Hall–Kier alpha value is -1.42. The average Bonchev–Trinajstić information content (AvgIpc) is 2.03. The van der Waals surface area contributed by atoms with Crippen LogP contribution in [-0.4, -0.2) is 6.54 Å². The number of nitrogens with one attached hydrogen (secondary N) is 1. The summed E-state index contributed by atoms with van der Waals surface area (Å²) in [7, 11) is 0. The fourth-order valence-electron chi connectivity index (χ4n) is 1.36. The van der Waals surface area contributed by atoms with Crippen molar-refractivity contribution in [2.45, 2.75) is 20.3 Å². The molecule has 1 N–H and O–H groups in total. The van der Waals surface area contributed by atoms with Crippen molar-refractivity contribution in [3.8, 4) is 12.3 Å². The summed E-state index contributed by atoms with van der Waals surface area (Å²) in [5, 5.41) is 3.28. The van der Waals surface area contributed by atoms with Crippen LogP contribution in [0.3, 0.4) is 0 Å². The smallest absolute Gasteiger partial charge is 0.0345 e. The molecule has 1 rings (SSSR count). The Labute approximate surface area is 80.2 Å². The highest BCUT2D eigenvalue weighted by molar-refractivity contribution is 5.48. The standard InChI is InChI=1S/C12H15N/c1-4-5-6-13-12-8-10(2)7-11(3)9-12/h1,7-9,13H,5-6H2,2-3H3. The molecule has 1 heteroatoms. The lowest BCUT2D eigenvalue weighted by Crippen LogP contribution is -2.00. The van der Waals surface area contributed by atoms with Gasteiger partial charge >= 0.3 is 0 Å². The second-order valence-electron chi connectivity index (χ2n) is 3.26. The van der Waals surface area contributed by atoms with Crippen molar-refractivity contribution in [1.29, 1.82) is 0 Å². The van der Waals surface area contributed by atoms with Crippen molar-refractivity contribution in [3.05, 3.63) is 29.3 Å². The molecule has 0 atom stereocenters. The Morgan fingerprint density at radius 1 is 1.23 bits per heavy atom. The van der Waals surface area contributed by atoms with Gasteiger partial charge in [0, 0.05) is 18.7 Å². The Morgan fingerprint density at radius 3 is 2.38 bits per heavy atom. The Bertz CT molecular complexity index is 300. The summed E-state index contributed by atoms with van der Waals surface area (Å²) in [6.07, 6.45) is 5.93. The molecule has 0 saturated heterocycles.